The monoisotopic (exact) mass is 460 g/mol. The Bertz CT molecular complexity index is 1140. The molecule has 1 aromatic heterocycles. The van der Waals surface area contributed by atoms with E-state index in [-0.39, 0.29) is 19.0 Å². The maximum Gasteiger partial charge on any atom is 0.417 e. The van der Waals surface area contributed by atoms with E-state index >= 15 is 0 Å². The first-order chi connectivity index (χ1) is 15.3. The van der Waals surface area contributed by atoms with E-state index in [1.54, 1.807) is 18.2 Å². The number of nitrogens with zero attached hydrogens (tertiary/aromatic N) is 2. The Hall–Kier alpha value is -3.45. The van der Waals surface area contributed by atoms with Crippen LogP contribution in [0.5, 0.6) is 0 Å². The third-order valence-electron chi connectivity index (χ3n) is 4.36. The zero-order valence-corrected chi connectivity index (χ0v) is 17.8. The lowest BCUT2D eigenvalue weighted by atomic mass is 10.1. The molecule has 166 valence electrons. The van der Waals surface area contributed by atoms with Gasteiger partial charge in [-0.15, -0.1) is 11.8 Å². The second kappa shape index (κ2) is 10.2. The molecule has 0 saturated heterocycles. The Morgan fingerprint density at radius 1 is 1.19 bits per heavy atom. The van der Waals surface area contributed by atoms with E-state index in [0.717, 1.165) is 22.7 Å². The fraction of sp³-hybridized carbons (Fsp3) is 0.227. The van der Waals surface area contributed by atoms with Gasteiger partial charge in [0.05, 0.1) is 34.2 Å². The van der Waals surface area contributed by atoms with E-state index < -0.39 is 17.3 Å². The number of halogens is 3. The summed E-state index contributed by atoms with van der Waals surface area (Å²) in [5.74, 6) is 0.968. The normalized spacial score (nSPS) is 11.1. The van der Waals surface area contributed by atoms with Crippen LogP contribution < -0.4 is 10.6 Å². The molecule has 32 heavy (non-hydrogen) atoms. The van der Waals surface area contributed by atoms with Crippen LogP contribution in [0.1, 0.15) is 32.9 Å². The minimum Gasteiger partial charge on any atom is -0.383 e. The minimum atomic E-state index is -4.59. The Morgan fingerprint density at radius 2 is 1.97 bits per heavy atom. The molecule has 0 fully saturated rings. The fourth-order valence-electron chi connectivity index (χ4n) is 2.89. The molecule has 0 atom stereocenters. The molecule has 0 aliphatic rings. The van der Waals surface area contributed by atoms with Gasteiger partial charge in [-0.25, -0.2) is 0 Å². The van der Waals surface area contributed by atoms with Gasteiger partial charge in [0.1, 0.15) is 5.76 Å². The molecule has 0 unspecified atom stereocenters. The molecule has 0 aliphatic carbocycles. The van der Waals surface area contributed by atoms with Crippen LogP contribution in [0.3, 0.4) is 0 Å². The summed E-state index contributed by atoms with van der Waals surface area (Å²) in [6.45, 7) is 2.34. The van der Waals surface area contributed by atoms with Crippen molar-refractivity contribution in [3.05, 3.63) is 76.7 Å². The molecule has 2 aromatic carbocycles. The summed E-state index contributed by atoms with van der Waals surface area (Å²) in [5.41, 5.74) is 0.221. The van der Waals surface area contributed by atoms with E-state index in [0.29, 0.717) is 22.8 Å². The number of nitrogens with one attached hydrogen (secondary N) is 2. The first-order valence-electron chi connectivity index (χ1n) is 9.55. The molecular formula is C22H19F3N4O2S. The number of carbonyl (C=O) groups excluding carboxylic acids is 1. The van der Waals surface area contributed by atoms with Crippen LogP contribution >= 0.6 is 11.8 Å². The number of anilines is 1. The van der Waals surface area contributed by atoms with E-state index in [9.17, 15) is 18.0 Å². The number of amides is 1. The van der Waals surface area contributed by atoms with Gasteiger partial charge in [0.25, 0.3) is 5.91 Å². The standard InChI is InChI=1S/C22H19F3N4O2S/c1-14-10-17(31-29-14)13-32-20-5-3-2-4-18(20)21(30)28-9-8-27-16-6-7-19(22(23,24)25)15(11-16)12-26/h2-7,10-11,27H,8-9,13H2,1H3,(H,28,30). The van der Waals surface area contributed by atoms with Crippen LogP contribution in [-0.2, 0) is 11.9 Å². The smallest absolute Gasteiger partial charge is 0.383 e. The summed E-state index contributed by atoms with van der Waals surface area (Å²) in [5, 5.41) is 18.5. The molecule has 0 radical (unpaired) electrons. The lowest BCUT2D eigenvalue weighted by molar-refractivity contribution is -0.137. The lowest BCUT2D eigenvalue weighted by Crippen LogP contribution is -2.29. The predicted octanol–water partition coefficient (Wildman–Crippen LogP) is 5.01. The van der Waals surface area contributed by atoms with Gasteiger partial charge in [0.2, 0.25) is 0 Å². The molecule has 0 spiro atoms. The average Bonchev–Trinajstić information content (AvgIpc) is 3.19. The molecule has 10 heteroatoms. The summed E-state index contributed by atoms with van der Waals surface area (Å²) in [6.07, 6.45) is -4.59. The van der Waals surface area contributed by atoms with Gasteiger partial charge in [-0.1, -0.05) is 17.3 Å². The molecule has 6 nitrogen and oxygen atoms in total. The number of benzene rings is 2. The highest BCUT2D eigenvalue weighted by Gasteiger charge is 2.33. The number of aryl methyl sites for hydroxylation is 1. The van der Waals surface area contributed by atoms with E-state index in [2.05, 4.69) is 15.8 Å². The Morgan fingerprint density at radius 3 is 2.66 bits per heavy atom. The van der Waals surface area contributed by atoms with E-state index in [1.807, 2.05) is 25.1 Å². The van der Waals surface area contributed by atoms with Crippen LogP contribution in [-0.4, -0.2) is 24.2 Å². The van der Waals surface area contributed by atoms with Crippen molar-refractivity contribution in [1.29, 1.82) is 5.26 Å². The van der Waals surface area contributed by atoms with Crippen molar-refractivity contribution in [2.75, 3.05) is 18.4 Å². The quantitative estimate of drug-likeness (QED) is 0.363. The average molecular weight is 460 g/mol. The number of aromatic nitrogens is 1. The van der Waals surface area contributed by atoms with Crippen molar-refractivity contribution in [2.45, 2.75) is 23.7 Å². The van der Waals surface area contributed by atoms with Crippen LogP contribution in [0.25, 0.3) is 0 Å². The fourth-order valence-corrected chi connectivity index (χ4v) is 3.81. The van der Waals surface area contributed by atoms with Crippen molar-refractivity contribution in [1.82, 2.24) is 10.5 Å². The van der Waals surface area contributed by atoms with Crippen molar-refractivity contribution in [2.24, 2.45) is 0 Å². The van der Waals surface area contributed by atoms with Crippen molar-refractivity contribution >= 4 is 23.4 Å². The highest BCUT2D eigenvalue weighted by atomic mass is 32.2. The van der Waals surface area contributed by atoms with Gasteiger partial charge in [0.15, 0.2) is 0 Å². The predicted molar refractivity (Wildman–Crippen MR) is 114 cm³/mol. The second-order valence-electron chi connectivity index (χ2n) is 6.77. The molecule has 0 aliphatic heterocycles. The van der Waals surface area contributed by atoms with Crippen molar-refractivity contribution < 1.29 is 22.5 Å². The third kappa shape index (κ3) is 6.04. The lowest BCUT2D eigenvalue weighted by Gasteiger charge is -2.12. The van der Waals surface area contributed by atoms with Gasteiger partial charge in [-0.3, -0.25) is 4.79 Å². The highest BCUT2D eigenvalue weighted by Crippen LogP contribution is 2.33. The molecule has 2 N–H and O–H groups in total. The van der Waals surface area contributed by atoms with Gasteiger partial charge in [-0.2, -0.15) is 18.4 Å². The number of carbonyl (C=O) groups is 1. The third-order valence-corrected chi connectivity index (χ3v) is 5.46. The van der Waals surface area contributed by atoms with Crippen LogP contribution in [0.15, 0.2) is 57.9 Å². The molecule has 0 bridgehead atoms. The molecule has 0 saturated carbocycles. The summed E-state index contributed by atoms with van der Waals surface area (Å²) in [6, 6.07) is 13.8. The summed E-state index contributed by atoms with van der Waals surface area (Å²) in [4.78, 5) is 13.4. The number of thioether (sulfide) groups is 1. The summed E-state index contributed by atoms with van der Waals surface area (Å²) in [7, 11) is 0. The largest absolute Gasteiger partial charge is 0.417 e. The maximum absolute atomic E-state index is 12.9. The topological polar surface area (TPSA) is 91.0 Å². The summed E-state index contributed by atoms with van der Waals surface area (Å²) < 4.78 is 43.8. The van der Waals surface area contributed by atoms with Crippen molar-refractivity contribution in [3.8, 4) is 6.07 Å². The first kappa shape index (κ1) is 23.2. The summed E-state index contributed by atoms with van der Waals surface area (Å²) >= 11 is 1.45. The van der Waals surface area contributed by atoms with Gasteiger partial charge < -0.3 is 15.2 Å². The van der Waals surface area contributed by atoms with Crippen molar-refractivity contribution in [3.63, 3.8) is 0 Å². The van der Waals surface area contributed by atoms with Crippen LogP contribution in [0.4, 0.5) is 18.9 Å². The molecule has 1 amide bonds. The zero-order chi connectivity index (χ0) is 23.1. The Labute approximate surface area is 186 Å². The Kier molecular flexibility index (Phi) is 7.43. The molecular weight excluding hydrogens is 441 g/mol. The molecule has 3 rings (SSSR count). The van der Waals surface area contributed by atoms with E-state index in [1.165, 1.54) is 17.8 Å². The Balaban J connectivity index is 1.54. The van der Waals surface area contributed by atoms with E-state index in [4.69, 9.17) is 9.78 Å². The SMILES string of the molecule is Cc1cc(CSc2ccccc2C(=O)NCCNc2ccc(C(F)(F)F)c(C#N)c2)on1. The molecule has 1 heterocycles. The van der Waals surface area contributed by atoms with Gasteiger partial charge in [0, 0.05) is 29.7 Å². The van der Waals surface area contributed by atoms with Crippen LogP contribution in [0, 0.1) is 18.3 Å². The highest BCUT2D eigenvalue weighted by molar-refractivity contribution is 7.98. The second-order valence-corrected chi connectivity index (χ2v) is 7.79. The van der Waals surface area contributed by atoms with Gasteiger partial charge in [-0.05, 0) is 37.3 Å². The van der Waals surface area contributed by atoms with Gasteiger partial charge >= 0.3 is 6.18 Å². The number of nitriles is 1. The number of hydrogen-bond donors (Lipinski definition) is 2. The van der Waals surface area contributed by atoms with Crippen LogP contribution in [0.2, 0.25) is 0 Å². The first-order valence-corrected chi connectivity index (χ1v) is 10.5. The number of rotatable bonds is 8. The zero-order valence-electron chi connectivity index (χ0n) is 17.0. The maximum atomic E-state index is 12.9. The molecule has 3 aromatic rings. The minimum absolute atomic E-state index is 0.238. The number of alkyl halides is 3. The number of hydrogen-bond acceptors (Lipinski definition) is 6.